The molecule has 1 N–H and O–H groups in total. The Labute approximate surface area is 192 Å². The van der Waals surface area contributed by atoms with E-state index in [4.69, 9.17) is 16.3 Å². The van der Waals surface area contributed by atoms with E-state index in [2.05, 4.69) is 9.62 Å². The first kappa shape index (κ1) is 23.2. The molecule has 9 heteroatoms. The van der Waals surface area contributed by atoms with Gasteiger partial charge in [0, 0.05) is 18.0 Å². The molecule has 0 amide bonds. The first-order valence-electron chi connectivity index (χ1n) is 10.8. The van der Waals surface area contributed by atoms with E-state index in [1.165, 1.54) is 6.07 Å². The van der Waals surface area contributed by atoms with E-state index in [-0.39, 0.29) is 27.8 Å². The topological polar surface area (TPSA) is 75.7 Å². The van der Waals surface area contributed by atoms with Gasteiger partial charge in [-0.25, -0.2) is 12.8 Å². The fraction of sp³-hybridized carbons (Fsp3) is 0.435. The molecule has 1 heterocycles. The number of hydrogen-bond donors (Lipinski definition) is 1. The highest BCUT2D eigenvalue weighted by Gasteiger charge is 2.30. The lowest BCUT2D eigenvalue weighted by molar-refractivity contribution is 0.0967. The number of nitrogens with one attached hydrogen (secondary N) is 1. The third-order valence-corrected chi connectivity index (χ3v) is 7.55. The van der Waals surface area contributed by atoms with E-state index in [1.807, 2.05) is 24.3 Å². The Morgan fingerprint density at radius 1 is 1.16 bits per heavy atom. The largest absolute Gasteiger partial charge is 0.494 e. The molecule has 1 saturated heterocycles. The van der Waals surface area contributed by atoms with Crippen molar-refractivity contribution in [3.63, 3.8) is 0 Å². The number of carbonyl (C=O) groups excluding carboxylic acids is 1. The summed E-state index contributed by atoms with van der Waals surface area (Å²) in [5, 5.41) is -0.224. The highest BCUT2D eigenvalue weighted by Crippen LogP contribution is 2.33. The van der Waals surface area contributed by atoms with Crippen molar-refractivity contribution in [1.29, 1.82) is 0 Å². The van der Waals surface area contributed by atoms with Crippen LogP contribution < -0.4 is 9.46 Å². The lowest BCUT2D eigenvalue weighted by atomic mass is 10.1. The second kappa shape index (κ2) is 9.87. The van der Waals surface area contributed by atoms with Gasteiger partial charge in [0.05, 0.1) is 22.7 Å². The van der Waals surface area contributed by atoms with Gasteiger partial charge in [0.15, 0.2) is 5.78 Å². The van der Waals surface area contributed by atoms with Crippen LogP contribution in [0.3, 0.4) is 0 Å². The molecule has 1 unspecified atom stereocenters. The van der Waals surface area contributed by atoms with Crippen LogP contribution in [-0.4, -0.2) is 45.0 Å². The number of halogens is 2. The Morgan fingerprint density at radius 2 is 1.91 bits per heavy atom. The number of Topliss-reactive ketones (excluding diaryl/α,β-unsaturated/α-hetero) is 1. The van der Waals surface area contributed by atoms with Crippen LogP contribution >= 0.6 is 11.6 Å². The summed E-state index contributed by atoms with van der Waals surface area (Å²) in [7, 11) is -3.80. The predicted octanol–water partition coefficient (Wildman–Crippen LogP) is 4.24. The zero-order valence-electron chi connectivity index (χ0n) is 17.6. The molecule has 1 aliphatic carbocycles. The van der Waals surface area contributed by atoms with Crippen LogP contribution in [0, 0.1) is 11.7 Å². The predicted molar refractivity (Wildman–Crippen MR) is 120 cm³/mol. The van der Waals surface area contributed by atoms with Gasteiger partial charge in [-0.3, -0.25) is 9.69 Å². The number of sulfonamides is 1. The number of hydrogen-bond acceptors (Lipinski definition) is 5. The van der Waals surface area contributed by atoms with Crippen molar-refractivity contribution < 1.29 is 22.3 Å². The van der Waals surface area contributed by atoms with Crippen molar-refractivity contribution >= 4 is 27.4 Å². The SMILES string of the molecule is O=C(c1ccc(OCCCN2CCCC2NS(=O)(=O)c2ccc(F)c(Cl)c2)cc1)C1CC1. The Hall–Kier alpha value is -2.00. The van der Waals surface area contributed by atoms with Crippen LogP contribution in [0.5, 0.6) is 5.75 Å². The quantitative estimate of drug-likeness (QED) is 0.406. The Balaban J connectivity index is 1.25. The van der Waals surface area contributed by atoms with Crippen molar-refractivity contribution in [2.24, 2.45) is 5.92 Å². The van der Waals surface area contributed by atoms with Crippen LogP contribution in [0.2, 0.25) is 5.02 Å². The number of benzene rings is 2. The standard InChI is InChI=1S/C23H26ClFN2O4S/c24-20-15-19(10-11-21(20)25)32(29,30)26-22-3-1-12-27(22)13-2-14-31-18-8-6-17(7-9-18)23(28)16-4-5-16/h6-11,15-16,22,26H,1-5,12-14H2. The van der Waals surface area contributed by atoms with Gasteiger partial charge in [-0.1, -0.05) is 11.6 Å². The number of rotatable bonds is 10. The Morgan fingerprint density at radius 3 is 2.59 bits per heavy atom. The van der Waals surface area contributed by atoms with Crippen molar-refractivity contribution in [3.8, 4) is 5.75 Å². The van der Waals surface area contributed by atoms with E-state index < -0.39 is 15.8 Å². The molecule has 172 valence electrons. The summed E-state index contributed by atoms with van der Waals surface area (Å²) >= 11 is 5.73. The highest BCUT2D eigenvalue weighted by molar-refractivity contribution is 7.89. The fourth-order valence-corrected chi connectivity index (χ4v) is 5.40. The number of ether oxygens (including phenoxy) is 1. The second-order valence-corrected chi connectivity index (χ2v) is 10.4. The van der Waals surface area contributed by atoms with E-state index >= 15 is 0 Å². The molecule has 2 aromatic carbocycles. The van der Waals surface area contributed by atoms with Gasteiger partial charge in [0.25, 0.3) is 0 Å². The lowest BCUT2D eigenvalue weighted by Gasteiger charge is -2.25. The first-order valence-corrected chi connectivity index (χ1v) is 12.7. The molecule has 4 rings (SSSR count). The Kier molecular flexibility index (Phi) is 7.14. The van der Waals surface area contributed by atoms with Gasteiger partial charge < -0.3 is 4.74 Å². The molecule has 0 spiro atoms. The molecular formula is C23H26ClFN2O4S. The van der Waals surface area contributed by atoms with Crippen LogP contribution in [0.15, 0.2) is 47.4 Å². The summed E-state index contributed by atoms with van der Waals surface area (Å²) in [5.41, 5.74) is 0.731. The van der Waals surface area contributed by atoms with Crippen LogP contribution in [-0.2, 0) is 10.0 Å². The smallest absolute Gasteiger partial charge is 0.241 e. The first-order chi connectivity index (χ1) is 15.3. The lowest BCUT2D eigenvalue weighted by Crippen LogP contribution is -2.44. The fourth-order valence-electron chi connectivity index (χ4n) is 3.87. The molecule has 1 atom stereocenters. The minimum absolute atomic E-state index is 0.0531. The molecule has 0 aromatic heterocycles. The third-order valence-electron chi connectivity index (χ3n) is 5.80. The van der Waals surface area contributed by atoms with Crippen molar-refractivity contribution in [3.05, 3.63) is 58.9 Å². The third kappa shape index (κ3) is 5.67. The molecule has 6 nitrogen and oxygen atoms in total. The number of ketones is 1. The monoisotopic (exact) mass is 480 g/mol. The van der Waals surface area contributed by atoms with Gasteiger partial charge in [0.1, 0.15) is 11.6 Å². The zero-order valence-corrected chi connectivity index (χ0v) is 19.2. The number of likely N-dealkylation sites (tertiary alicyclic amines) is 1. The average Bonchev–Trinajstić information content (AvgIpc) is 3.54. The van der Waals surface area contributed by atoms with Crippen molar-refractivity contribution in [1.82, 2.24) is 9.62 Å². The van der Waals surface area contributed by atoms with Crippen molar-refractivity contribution in [2.75, 3.05) is 19.7 Å². The zero-order chi connectivity index (χ0) is 22.7. The molecule has 1 aliphatic heterocycles. The summed E-state index contributed by atoms with van der Waals surface area (Å²) in [6.07, 6.45) is 3.96. The maximum atomic E-state index is 13.4. The second-order valence-electron chi connectivity index (χ2n) is 8.26. The Bertz CT molecular complexity index is 1070. The highest BCUT2D eigenvalue weighted by atomic mass is 35.5. The minimum Gasteiger partial charge on any atom is -0.494 e. The average molecular weight is 481 g/mol. The minimum atomic E-state index is -3.80. The number of nitrogens with zero attached hydrogens (tertiary/aromatic N) is 1. The van der Waals surface area contributed by atoms with Gasteiger partial charge in [-0.05, 0) is 81.1 Å². The normalized spacial score (nSPS) is 19.2. The molecule has 0 bridgehead atoms. The summed E-state index contributed by atoms with van der Waals surface area (Å²) < 4.78 is 47.2. The summed E-state index contributed by atoms with van der Waals surface area (Å²) in [5.74, 6) is 0.469. The van der Waals surface area contributed by atoms with E-state index in [1.54, 1.807) is 0 Å². The van der Waals surface area contributed by atoms with E-state index in [0.717, 1.165) is 49.9 Å². The maximum Gasteiger partial charge on any atom is 0.241 e. The van der Waals surface area contributed by atoms with Gasteiger partial charge in [-0.2, -0.15) is 4.72 Å². The molecular weight excluding hydrogens is 455 g/mol. The van der Waals surface area contributed by atoms with Gasteiger partial charge >= 0.3 is 0 Å². The van der Waals surface area contributed by atoms with E-state index in [0.29, 0.717) is 25.3 Å². The molecule has 2 aliphatic rings. The van der Waals surface area contributed by atoms with Crippen molar-refractivity contribution in [2.45, 2.75) is 43.2 Å². The molecule has 2 aromatic rings. The van der Waals surface area contributed by atoms with Gasteiger partial charge in [0.2, 0.25) is 10.0 Å². The van der Waals surface area contributed by atoms with E-state index in [9.17, 15) is 17.6 Å². The summed E-state index contributed by atoms with van der Waals surface area (Å²) in [6.45, 7) is 1.95. The number of carbonyl (C=O) groups is 1. The van der Waals surface area contributed by atoms with Gasteiger partial charge in [-0.15, -0.1) is 0 Å². The molecule has 0 radical (unpaired) electrons. The summed E-state index contributed by atoms with van der Waals surface area (Å²) in [6, 6.07) is 10.6. The molecule has 32 heavy (non-hydrogen) atoms. The summed E-state index contributed by atoms with van der Waals surface area (Å²) in [4.78, 5) is 14.1. The molecule has 2 fully saturated rings. The van der Waals surface area contributed by atoms with Crippen LogP contribution in [0.25, 0.3) is 0 Å². The maximum absolute atomic E-state index is 13.4. The van der Waals surface area contributed by atoms with Crippen LogP contribution in [0.4, 0.5) is 4.39 Å². The molecule has 1 saturated carbocycles. The van der Waals surface area contributed by atoms with Crippen LogP contribution in [0.1, 0.15) is 42.5 Å².